The van der Waals surface area contributed by atoms with E-state index in [9.17, 15) is 4.79 Å². The normalized spacial score (nSPS) is 12.4. The van der Waals surface area contributed by atoms with Crippen LogP contribution in [-0.2, 0) is 4.79 Å². The van der Waals surface area contributed by atoms with Crippen LogP contribution in [0.4, 0.5) is 0 Å². The van der Waals surface area contributed by atoms with Crippen LogP contribution >= 0.6 is 0 Å². The first-order valence-corrected chi connectivity index (χ1v) is 4.29. The van der Waals surface area contributed by atoms with Crippen LogP contribution in [0.15, 0.2) is 12.7 Å². The molecule has 0 heterocycles. The van der Waals surface area contributed by atoms with Crippen LogP contribution in [0.2, 0.25) is 0 Å². The van der Waals surface area contributed by atoms with E-state index in [0.717, 1.165) is 12.8 Å². The molecule has 70 valence electrons. The molecule has 12 heavy (non-hydrogen) atoms. The first-order chi connectivity index (χ1) is 5.72. The van der Waals surface area contributed by atoms with Crippen molar-refractivity contribution < 1.29 is 9.90 Å². The maximum absolute atomic E-state index is 10.6. The van der Waals surface area contributed by atoms with Crippen molar-refractivity contribution in [3.8, 4) is 0 Å². The zero-order valence-corrected chi connectivity index (χ0v) is 7.55. The van der Waals surface area contributed by atoms with E-state index >= 15 is 0 Å². The lowest BCUT2D eigenvalue weighted by Crippen LogP contribution is -2.36. The zero-order valence-electron chi connectivity index (χ0n) is 7.55. The minimum Gasteiger partial charge on any atom is -0.480 e. The number of hydrogen-bond acceptors (Lipinski definition) is 2. The molecule has 0 aromatic carbocycles. The zero-order chi connectivity index (χ0) is 9.40. The highest BCUT2D eigenvalue weighted by molar-refractivity contribution is 5.73. The fraction of sp³-hybridized carbons (Fsp3) is 0.667. The molecule has 0 amide bonds. The van der Waals surface area contributed by atoms with Crippen molar-refractivity contribution >= 4 is 5.97 Å². The van der Waals surface area contributed by atoms with E-state index in [2.05, 4.69) is 11.9 Å². The molecule has 0 aromatic rings. The Balaban J connectivity index is 3.63. The third-order valence-electron chi connectivity index (χ3n) is 1.61. The number of hydrogen-bond donors (Lipinski definition) is 2. The monoisotopic (exact) mass is 171 g/mol. The number of aliphatic carboxylic acids is 1. The second-order valence-electron chi connectivity index (χ2n) is 2.71. The number of carboxylic acid groups (broad SMARTS) is 1. The Kier molecular flexibility index (Phi) is 6.38. The number of carbonyl (C=O) groups is 1. The first kappa shape index (κ1) is 11.2. The van der Waals surface area contributed by atoms with Crippen LogP contribution in [-0.4, -0.2) is 23.7 Å². The Hall–Kier alpha value is -0.830. The molecule has 0 saturated carbocycles. The van der Waals surface area contributed by atoms with E-state index in [1.54, 1.807) is 6.08 Å². The lowest BCUT2D eigenvalue weighted by Gasteiger charge is -2.11. The van der Waals surface area contributed by atoms with Gasteiger partial charge in [0.05, 0.1) is 0 Å². The van der Waals surface area contributed by atoms with Gasteiger partial charge in [-0.25, -0.2) is 0 Å². The molecule has 0 aliphatic rings. The molecule has 0 aliphatic carbocycles. The molecule has 0 saturated heterocycles. The van der Waals surface area contributed by atoms with E-state index in [4.69, 9.17) is 5.11 Å². The van der Waals surface area contributed by atoms with Crippen molar-refractivity contribution in [2.45, 2.75) is 32.2 Å². The maximum atomic E-state index is 10.6. The predicted molar refractivity (Wildman–Crippen MR) is 49.1 cm³/mol. The summed E-state index contributed by atoms with van der Waals surface area (Å²) in [5.74, 6) is -0.763. The molecule has 0 rings (SSSR count). The number of carboxylic acids is 1. The largest absolute Gasteiger partial charge is 0.480 e. The van der Waals surface area contributed by atoms with Crippen molar-refractivity contribution in [3.63, 3.8) is 0 Å². The van der Waals surface area contributed by atoms with Gasteiger partial charge in [-0.05, 0) is 19.4 Å². The number of nitrogens with one attached hydrogen (secondary N) is 1. The van der Waals surface area contributed by atoms with Crippen LogP contribution in [0.1, 0.15) is 26.2 Å². The van der Waals surface area contributed by atoms with Crippen LogP contribution in [0.25, 0.3) is 0 Å². The van der Waals surface area contributed by atoms with Crippen molar-refractivity contribution in [3.05, 3.63) is 12.7 Å². The summed E-state index contributed by atoms with van der Waals surface area (Å²) in [5, 5.41) is 11.7. The Morgan fingerprint density at radius 1 is 1.75 bits per heavy atom. The van der Waals surface area contributed by atoms with E-state index in [0.29, 0.717) is 13.0 Å². The predicted octanol–water partition coefficient (Wildman–Crippen LogP) is 1.41. The molecule has 0 aromatic heterocycles. The van der Waals surface area contributed by atoms with Crippen LogP contribution in [0.3, 0.4) is 0 Å². The van der Waals surface area contributed by atoms with Gasteiger partial charge >= 0.3 is 5.97 Å². The first-order valence-electron chi connectivity index (χ1n) is 4.29. The van der Waals surface area contributed by atoms with E-state index in [-0.39, 0.29) is 0 Å². The summed E-state index contributed by atoms with van der Waals surface area (Å²) in [6.07, 6.45) is 4.16. The lowest BCUT2D eigenvalue weighted by molar-refractivity contribution is -0.139. The molecule has 0 radical (unpaired) electrons. The average Bonchev–Trinajstić information content (AvgIpc) is 2.03. The van der Waals surface area contributed by atoms with Gasteiger partial charge in [-0.1, -0.05) is 19.4 Å². The summed E-state index contributed by atoms with van der Waals surface area (Å²) in [6, 6.07) is -0.394. The van der Waals surface area contributed by atoms with Crippen molar-refractivity contribution in [2.24, 2.45) is 0 Å². The van der Waals surface area contributed by atoms with Gasteiger partial charge in [-0.3, -0.25) is 4.79 Å². The maximum Gasteiger partial charge on any atom is 0.320 e. The van der Waals surface area contributed by atoms with Gasteiger partial charge in [-0.15, -0.1) is 6.58 Å². The molecule has 1 atom stereocenters. The molecular formula is C9H17NO2. The number of rotatable bonds is 7. The molecule has 0 fully saturated rings. The summed E-state index contributed by atoms with van der Waals surface area (Å²) in [4.78, 5) is 10.6. The molecular weight excluding hydrogens is 154 g/mol. The fourth-order valence-corrected chi connectivity index (χ4v) is 0.961. The van der Waals surface area contributed by atoms with Crippen molar-refractivity contribution in [1.29, 1.82) is 0 Å². The molecule has 0 spiro atoms. The van der Waals surface area contributed by atoms with Crippen LogP contribution in [0.5, 0.6) is 0 Å². The third-order valence-corrected chi connectivity index (χ3v) is 1.61. The minimum atomic E-state index is -0.763. The summed E-state index contributed by atoms with van der Waals surface area (Å²) in [6.45, 7) is 6.23. The van der Waals surface area contributed by atoms with Crippen molar-refractivity contribution in [2.75, 3.05) is 6.54 Å². The molecule has 0 bridgehead atoms. The van der Waals surface area contributed by atoms with Crippen molar-refractivity contribution in [1.82, 2.24) is 5.32 Å². The highest BCUT2D eigenvalue weighted by Crippen LogP contribution is 1.96. The van der Waals surface area contributed by atoms with Gasteiger partial charge in [-0.2, -0.15) is 0 Å². The van der Waals surface area contributed by atoms with Crippen LogP contribution < -0.4 is 5.32 Å². The molecule has 3 heteroatoms. The summed E-state index contributed by atoms with van der Waals surface area (Å²) in [7, 11) is 0. The standard InChI is InChI=1S/C9H17NO2/c1-3-5-7-10-8(6-4-2)9(11)12/h3,8,10H,1,4-7H2,2H3,(H,11,12). The Labute approximate surface area is 73.5 Å². The summed E-state index contributed by atoms with van der Waals surface area (Å²) in [5.41, 5.74) is 0. The third kappa shape index (κ3) is 4.91. The van der Waals surface area contributed by atoms with Gasteiger partial charge in [0.15, 0.2) is 0 Å². The molecule has 0 aliphatic heterocycles. The van der Waals surface area contributed by atoms with Gasteiger partial charge in [0.1, 0.15) is 6.04 Å². The highest BCUT2D eigenvalue weighted by atomic mass is 16.4. The highest BCUT2D eigenvalue weighted by Gasteiger charge is 2.13. The molecule has 1 unspecified atom stereocenters. The second-order valence-corrected chi connectivity index (χ2v) is 2.71. The van der Waals surface area contributed by atoms with Gasteiger partial charge in [0, 0.05) is 0 Å². The smallest absolute Gasteiger partial charge is 0.320 e. The van der Waals surface area contributed by atoms with E-state index in [1.807, 2.05) is 6.92 Å². The molecule has 2 N–H and O–H groups in total. The molecule has 3 nitrogen and oxygen atoms in total. The summed E-state index contributed by atoms with van der Waals surface area (Å²) < 4.78 is 0. The topological polar surface area (TPSA) is 49.3 Å². The minimum absolute atomic E-state index is 0.394. The second kappa shape index (κ2) is 6.85. The average molecular weight is 171 g/mol. The Morgan fingerprint density at radius 3 is 2.83 bits per heavy atom. The van der Waals surface area contributed by atoms with Gasteiger partial charge in [0.25, 0.3) is 0 Å². The fourth-order valence-electron chi connectivity index (χ4n) is 0.961. The quantitative estimate of drug-likeness (QED) is 0.449. The van der Waals surface area contributed by atoms with Crippen LogP contribution in [0, 0.1) is 0 Å². The van der Waals surface area contributed by atoms with Gasteiger partial charge < -0.3 is 10.4 Å². The Morgan fingerprint density at radius 2 is 2.42 bits per heavy atom. The lowest BCUT2D eigenvalue weighted by atomic mass is 10.1. The summed E-state index contributed by atoms with van der Waals surface area (Å²) >= 11 is 0. The van der Waals surface area contributed by atoms with E-state index < -0.39 is 12.0 Å². The Bertz CT molecular complexity index is 145. The SMILES string of the molecule is C=CCCNC(CCC)C(=O)O. The van der Waals surface area contributed by atoms with E-state index in [1.165, 1.54) is 0 Å². The van der Waals surface area contributed by atoms with Gasteiger partial charge in [0.2, 0.25) is 0 Å².